The third kappa shape index (κ3) is 3.17. The van der Waals surface area contributed by atoms with E-state index in [1.54, 1.807) is 42.6 Å². The highest BCUT2D eigenvalue weighted by Crippen LogP contribution is 2.31. The molecule has 4 rings (SSSR count). The van der Waals surface area contributed by atoms with Crippen molar-refractivity contribution in [1.82, 2.24) is 4.98 Å². The minimum Gasteiger partial charge on any atom is -0.507 e. The van der Waals surface area contributed by atoms with Crippen LogP contribution in [0.4, 0.5) is 10.1 Å². The van der Waals surface area contributed by atoms with E-state index in [2.05, 4.69) is 9.98 Å². The van der Waals surface area contributed by atoms with Crippen molar-refractivity contribution in [2.45, 2.75) is 0 Å². The maximum absolute atomic E-state index is 13.2. The van der Waals surface area contributed by atoms with Gasteiger partial charge in [-0.1, -0.05) is 23.7 Å². The van der Waals surface area contributed by atoms with Crippen LogP contribution in [0.3, 0.4) is 0 Å². The first kappa shape index (κ1) is 16.3. The monoisotopic (exact) mass is 366 g/mol. The highest BCUT2D eigenvalue weighted by molar-refractivity contribution is 6.33. The minimum atomic E-state index is -0.421. The molecule has 4 aromatic rings. The average molecular weight is 367 g/mol. The van der Waals surface area contributed by atoms with Gasteiger partial charge in [0.15, 0.2) is 5.58 Å². The highest BCUT2D eigenvalue weighted by Gasteiger charge is 2.12. The number of aromatic nitrogens is 1. The number of para-hydroxylation sites is 1. The summed E-state index contributed by atoms with van der Waals surface area (Å²) in [6, 6.07) is 16.3. The first-order valence-corrected chi connectivity index (χ1v) is 8.16. The molecule has 128 valence electrons. The molecule has 0 fully saturated rings. The average Bonchev–Trinajstić information content (AvgIpc) is 3.04. The van der Waals surface area contributed by atoms with Crippen LogP contribution in [0.25, 0.3) is 22.6 Å². The standard InChI is InChI=1S/C20H12ClFN2O2/c21-16-9-13(22)5-7-15(16)20-24-17-10-14(6-8-19(17)26-20)23-11-12-3-1-2-4-18(12)25/h1-11,25H. The van der Waals surface area contributed by atoms with Crippen LogP contribution < -0.4 is 0 Å². The fourth-order valence-corrected chi connectivity index (χ4v) is 2.76. The summed E-state index contributed by atoms with van der Waals surface area (Å²) in [6.07, 6.45) is 1.58. The van der Waals surface area contributed by atoms with E-state index >= 15 is 0 Å². The molecule has 1 heterocycles. The Balaban J connectivity index is 1.69. The van der Waals surface area contributed by atoms with Gasteiger partial charge in [-0.2, -0.15) is 0 Å². The second-order valence-corrected chi connectivity index (χ2v) is 6.02. The molecule has 1 N–H and O–H groups in total. The number of benzene rings is 3. The van der Waals surface area contributed by atoms with Gasteiger partial charge in [0.05, 0.1) is 16.3 Å². The number of halogens is 2. The van der Waals surface area contributed by atoms with Gasteiger partial charge in [0.1, 0.15) is 17.1 Å². The van der Waals surface area contributed by atoms with Crippen molar-refractivity contribution in [3.05, 3.63) is 77.1 Å². The predicted molar refractivity (Wildman–Crippen MR) is 99.8 cm³/mol. The second kappa shape index (κ2) is 6.61. The van der Waals surface area contributed by atoms with Crippen LogP contribution in [0, 0.1) is 5.82 Å². The third-order valence-corrected chi connectivity index (χ3v) is 4.13. The Kier molecular flexibility index (Phi) is 4.14. The van der Waals surface area contributed by atoms with E-state index in [9.17, 15) is 9.50 Å². The van der Waals surface area contributed by atoms with Crippen molar-refractivity contribution in [1.29, 1.82) is 0 Å². The second-order valence-electron chi connectivity index (χ2n) is 5.61. The molecule has 0 unspecified atom stereocenters. The molecule has 0 bridgehead atoms. The van der Waals surface area contributed by atoms with Crippen LogP contribution in [-0.2, 0) is 0 Å². The molecule has 0 aliphatic rings. The lowest BCUT2D eigenvalue weighted by molar-refractivity contribution is 0.474. The van der Waals surface area contributed by atoms with Crippen LogP contribution in [0.5, 0.6) is 5.75 Å². The predicted octanol–water partition coefficient (Wildman–Crippen LogP) is 5.74. The number of fused-ring (bicyclic) bond motifs is 1. The molecule has 6 heteroatoms. The Labute approximate surface area is 153 Å². The van der Waals surface area contributed by atoms with Gasteiger partial charge in [0.2, 0.25) is 5.89 Å². The zero-order valence-corrected chi connectivity index (χ0v) is 14.1. The van der Waals surface area contributed by atoms with E-state index in [4.69, 9.17) is 16.0 Å². The van der Waals surface area contributed by atoms with Crippen LogP contribution >= 0.6 is 11.6 Å². The molecule has 0 spiro atoms. The Hall–Kier alpha value is -3.18. The normalized spacial score (nSPS) is 11.5. The summed E-state index contributed by atoms with van der Waals surface area (Å²) in [5, 5.41) is 10.0. The lowest BCUT2D eigenvalue weighted by atomic mass is 10.2. The maximum atomic E-state index is 13.2. The van der Waals surface area contributed by atoms with Crippen molar-refractivity contribution in [2.24, 2.45) is 4.99 Å². The Morgan fingerprint density at radius 1 is 1.08 bits per heavy atom. The number of hydrogen-bond acceptors (Lipinski definition) is 4. The van der Waals surface area contributed by atoms with E-state index in [1.165, 1.54) is 18.2 Å². The third-order valence-electron chi connectivity index (χ3n) is 3.82. The molecule has 0 aliphatic carbocycles. The number of nitrogens with zero attached hydrogens (tertiary/aromatic N) is 2. The van der Waals surface area contributed by atoms with Crippen LogP contribution in [0.1, 0.15) is 5.56 Å². The quantitative estimate of drug-likeness (QED) is 0.470. The summed E-state index contributed by atoms with van der Waals surface area (Å²) in [6.45, 7) is 0. The van der Waals surface area contributed by atoms with E-state index in [1.807, 2.05) is 6.07 Å². The SMILES string of the molecule is Oc1ccccc1C=Nc1ccc2oc(-c3ccc(F)cc3Cl)nc2c1. The first-order chi connectivity index (χ1) is 12.6. The van der Waals surface area contributed by atoms with Gasteiger partial charge >= 0.3 is 0 Å². The fraction of sp³-hybridized carbons (Fsp3) is 0. The van der Waals surface area contributed by atoms with Crippen molar-refractivity contribution < 1.29 is 13.9 Å². The number of phenols is 1. The van der Waals surface area contributed by atoms with E-state index in [-0.39, 0.29) is 10.8 Å². The lowest BCUT2D eigenvalue weighted by Gasteiger charge is -1.98. The summed E-state index contributed by atoms with van der Waals surface area (Å²) in [4.78, 5) is 8.77. The number of hydrogen-bond donors (Lipinski definition) is 1. The van der Waals surface area contributed by atoms with Crippen LogP contribution in [0.2, 0.25) is 5.02 Å². The van der Waals surface area contributed by atoms with Gasteiger partial charge in [0, 0.05) is 11.8 Å². The van der Waals surface area contributed by atoms with Gasteiger partial charge in [0.25, 0.3) is 0 Å². The molecular formula is C20H12ClFN2O2. The summed E-state index contributed by atoms with van der Waals surface area (Å²) < 4.78 is 18.9. The number of aromatic hydroxyl groups is 1. The summed E-state index contributed by atoms with van der Waals surface area (Å²) in [5.41, 5.74) is 2.97. The Morgan fingerprint density at radius 2 is 1.92 bits per heavy atom. The highest BCUT2D eigenvalue weighted by atomic mass is 35.5. The molecule has 1 aromatic heterocycles. The van der Waals surface area contributed by atoms with Gasteiger partial charge in [-0.05, 0) is 48.5 Å². The van der Waals surface area contributed by atoms with E-state index < -0.39 is 5.82 Å². The zero-order chi connectivity index (χ0) is 18.1. The number of phenolic OH excluding ortho intramolecular Hbond substituents is 1. The topological polar surface area (TPSA) is 58.6 Å². The molecule has 0 radical (unpaired) electrons. The summed E-state index contributed by atoms with van der Waals surface area (Å²) in [7, 11) is 0. The number of aliphatic imine (C=N–C) groups is 1. The van der Waals surface area contributed by atoms with Crippen molar-refractivity contribution in [3.8, 4) is 17.2 Å². The number of oxazole rings is 1. The van der Waals surface area contributed by atoms with Gasteiger partial charge in [-0.3, -0.25) is 4.99 Å². The van der Waals surface area contributed by atoms with Crippen molar-refractivity contribution in [3.63, 3.8) is 0 Å². The van der Waals surface area contributed by atoms with Gasteiger partial charge < -0.3 is 9.52 Å². The van der Waals surface area contributed by atoms with E-state index in [0.29, 0.717) is 33.8 Å². The molecule has 0 atom stereocenters. The first-order valence-electron chi connectivity index (χ1n) is 7.78. The molecular weight excluding hydrogens is 355 g/mol. The Bertz CT molecular complexity index is 1140. The van der Waals surface area contributed by atoms with Gasteiger partial charge in [-0.25, -0.2) is 9.37 Å². The number of rotatable bonds is 3. The van der Waals surface area contributed by atoms with Crippen molar-refractivity contribution in [2.75, 3.05) is 0 Å². The minimum absolute atomic E-state index is 0.159. The Morgan fingerprint density at radius 3 is 2.73 bits per heavy atom. The van der Waals surface area contributed by atoms with Crippen LogP contribution in [0.15, 0.2) is 70.1 Å². The molecule has 0 amide bonds. The summed E-state index contributed by atoms with van der Waals surface area (Å²) >= 11 is 6.07. The molecule has 3 aromatic carbocycles. The largest absolute Gasteiger partial charge is 0.507 e. The fourth-order valence-electron chi connectivity index (χ4n) is 2.52. The zero-order valence-electron chi connectivity index (χ0n) is 13.4. The van der Waals surface area contributed by atoms with Crippen LogP contribution in [-0.4, -0.2) is 16.3 Å². The van der Waals surface area contributed by atoms with Crippen molar-refractivity contribution >= 4 is 34.6 Å². The van der Waals surface area contributed by atoms with E-state index in [0.717, 1.165) is 0 Å². The summed E-state index contributed by atoms with van der Waals surface area (Å²) in [5.74, 6) is 0.0504. The molecule has 4 nitrogen and oxygen atoms in total. The molecule has 26 heavy (non-hydrogen) atoms. The van der Waals surface area contributed by atoms with Gasteiger partial charge in [-0.15, -0.1) is 0 Å². The lowest BCUT2D eigenvalue weighted by Crippen LogP contribution is -1.81. The molecule has 0 saturated carbocycles. The maximum Gasteiger partial charge on any atom is 0.228 e. The molecule has 0 aliphatic heterocycles. The molecule has 0 saturated heterocycles. The smallest absolute Gasteiger partial charge is 0.228 e.